The third kappa shape index (κ3) is 3.53. The van der Waals surface area contributed by atoms with Gasteiger partial charge in [-0.2, -0.15) is 13.2 Å². The van der Waals surface area contributed by atoms with Crippen LogP contribution in [-0.4, -0.2) is 46.5 Å². The molecule has 0 unspecified atom stereocenters. The Kier molecular flexibility index (Phi) is 4.90. The predicted molar refractivity (Wildman–Crippen MR) is 105 cm³/mol. The molecule has 2 atom stereocenters. The van der Waals surface area contributed by atoms with Gasteiger partial charge >= 0.3 is 6.18 Å². The molecule has 4 rings (SSSR count). The lowest BCUT2D eigenvalue weighted by atomic mass is 9.91. The van der Waals surface area contributed by atoms with Crippen LogP contribution < -0.4 is 4.90 Å². The number of likely N-dealkylation sites (tertiary alicyclic amines) is 1. The van der Waals surface area contributed by atoms with E-state index in [0.29, 0.717) is 6.04 Å². The molecular formula is C21H23F3N2O2S. The number of nitrogens with zero attached hydrogens (tertiary/aromatic N) is 2. The zero-order valence-corrected chi connectivity index (χ0v) is 17.1. The zero-order valence-electron chi connectivity index (χ0n) is 16.3. The van der Waals surface area contributed by atoms with Gasteiger partial charge in [0, 0.05) is 24.7 Å². The number of fused-ring (bicyclic) bond motifs is 3. The average molecular weight is 424 g/mol. The van der Waals surface area contributed by atoms with Gasteiger partial charge < -0.3 is 9.80 Å². The van der Waals surface area contributed by atoms with Crippen LogP contribution in [0.25, 0.3) is 0 Å². The maximum absolute atomic E-state index is 13.1. The number of alkyl halides is 3. The summed E-state index contributed by atoms with van der Waals surface area (Å²) in [5.74, 6) is 0.253. The van der Waals surface area contributed by atoms with Gasteiger partial charge in [-0.25, -0.2) is 8.42 Å². The van der Waals surface area contributed by atoms with Gasteiger partial charge in [0.15, 0.2) is 0 Å². The molecule has 2 heterocycles. The Hall–Kier alpha value is -2.06. The second-order valence-corrected chi connectivity index (χ2v) is 9.86. The first-order valence-electron chi connectivity index (χ1n) is 9.57. The highest BCUT2D eigenvalue weighted by Crippen LogP contribution is 2.45. The van der Waals surface area contributed by atoms with Crippen molar-refractivity contribution in [3.63, 3.8) is 0 Å². The summed E-state index contributed by atoms with van der Waals surface area (Å²) in [6.45, 7) is 1.94. The van der Waals surface area contributed by atoms with Crippen molar-refractivity contribution in [2.45, 2.75) is 40.8 Å². The molecule has 156 valence electrons. The topological polar surface area (TPSA) is 40.6 Å². The van der Waals surface area contributed by atoms with E-state index in [0.717, 1.165) is 61.4 Å². The van der Waals surface area contributed by atoms with Crippen LogP contribution in [0.3, 0.4) is 0 Å². The van der Waals surface area contributed by atoms with Crippen molar-refractivity contribution in [3.8, 4) is 0 Å². The number of hydrogen-bond acceptors (Lipinski definition) is 4. The molecule has 8 heteroatoms. The van der Waals surface area contributed by atoms with Gasteiger partial charge in [0.2, 0.25) is 9.84 Å². The Morgan fingerprint density at radius 1 is 0.931 bits per heavy atom. The van der Waals surface area contributed by atoms with Crippen molar-refractivity contribution >= 4 is 15.5 Å². The van der Waals surface area contributed by atoms with E-state index in [-0.39, 0.29) is 15.7 Å². The van der Waals surface area contributed by atoms with Crippen molar-refractivity contribution in [1.29, 1.82) is 0 Å². The van der Waals surface area contributed by atoms with Crippen molar-refractivity contribution in [2.75, 3.05) is 32.1 Å². The van der Waals surface area contributed by atoms with Crippen molar-refractivity contribution in [2.24, 2.45) is 0 Å². The summed E-state index contributed by atoms with van der Waals surface area (Å²) in [6.07, 6.45) is -2.54. The molecule has 0 radical (unpaired) electrons. The molecule has 2 aromatic rings. The Balaban J connectivity index is 1.70. The minimum absolute atomic E-state index is 0.127. The highest BCUT2D eigenvalue weighted by Gasteiger charge is 2.38. The molecule has 2 aliphatic heterocycles. The number of likely N-dealkylation sites (N-methyl/N-ethyl adjacent to an activating group) is 1. The van der Waals surface area contributed by atoms with Gasteiger partial charge in [0.25, 0.3) is 0 Å². The van der Waals surface area contributed by atoms with Crippen molar-refractivity contribution in [3.05, 3.63) is 53.6 Å². The van der Waals surface area contributed by atoms with Crippen LogP contribution >= 0.6 is 0 Å². The second kappa shape index (κ2) is 7.02. The second-order valence-electron chi connectivity index (χ2n) is 7.91. The van der Waals surface area contributed by atoms with Gasteiger partial charge in [-0.05, 0) is 81.0 Å². The minimum atomic E-state index is -4.50. The summed E-state index contributed by atoms with van der Waals surface area (Å²) in [4.78, 5) is 4.51. The predicted octanol–water partition coefficient (Wildman–Crippen LogP) is 4.17. The van der Waals surface area contributed by atoms with E-state index in [4.69, 9.17) is 0 Å². The van der Waals surface area contributed by atoms with E-state index in [1.54, 1.807) is 12.1 Å². The van der Waals surface area contributed by atoms with Gasteiger partial charge in [-0.3, -0.25) is 0 Å². The molecular weight excluding hydrogens is 401 g/mol. The summed E-state index contributed by atoms with van der Waals surface area (Å²) in [5, 5.41) is 0. The number of benzene rings is 2. The lowest BCUT2D eigenvalue weighted by Gasteiger charge is -2.25. The summed E-state index contributed by atoms with van der Waals surface area (Å²) < 4.78 is 64.5. The van der Waals surface area contributed by atoms with Crippen LogP contribution in [0.1, 0.15) is 29.9 Å². The molecule has 2 aromatic carbocycles. The summed E-state index contributed by atoms with van der Waals surface area (Å²) in [5.41, 5.74) is 1.19. The molecule has 1 fully saturated rings. The molecule has 0 spiro atoms. The molecule has 0 amide bonds. The first-order chi connectivity index (χ1) is 13.6. The van der Waals surface area contributed by atoms with Crippen LogP contribution in [-0.2, 0) is 16.0 Å². The third-order valence-electron chi connectivity index (χ3n) is 6.17. The van der Waals surface area contributed by atoms with Gasteiger partial charge in [-0.15, -0.1) is 0 Å². The van der Waals surface area contributed by atoms with Crippen LogP contribution in [0, 0.1) is 0 Å². The van der Waals surface area contributed by atoms with Crippen LogP contribution in [0.2, 0.25) is 0 Å². The maximum atomic E-state index is 13.1. The minimum Gasteiger partial charge on any atom is -0.371 e. The molecule has 0 saturated carbocycles. The highest BCUT2D eigenvalue weighted by molar-refractivity contribution is 7.91. The summed E-state index contributed by atoms with van der Waals surface area (Å²) in [6, 6.07) is 9.11. The smallest absolute Gasteiger partial charge is 0.371 e. The Labute approximate surface area is 168 Å². The van der Waals surface area contributed by atoms with E-state index < -0.39 is 21.6 Å². The summed E-state index contributed by atoms with van der Waals surface area (Å²) >= 11 is 0. The monoisotopic (exact) mass is 424 g/mol. The first kappa shape index (κ1) is 20.2. The van der Waals surface area contributed by atoms with Crippen molar-refractivity contribution < 1.29 is 21.6 Å². The quantitative estimate of drug-likeness (QED) is 0.726. The average Bonchev–Trinajstić information content (AvgIpc) is 2.81. The largest absolute Gasteiger partial charge is 0.416 e. The Morgan fingerprint density at radius 3 is 2.21 bits per heavy atom. The molecule has 0 N–H and O–H groups in total. The zero-order chi connectivity index (χ0) is 21.0. The summed E-state index contributed by atoms with van der Waals surface area (Å²) in [7, 11) is 0.237. The number of hydrogen-bond donors (Lipinski definition) is 0. The number of anilines is 1. The molecule has 4 nitrogen and oxygen atoms in total. The fourth-order valence-electron chi connectivity index (χ4n) is 4.50. The Bertz CT molecular complexity index is 1020. The van der Waals surface area contributed by atoms with Gasteiger partial charge in [-0.1, -0.05) is 0 Å². The highest BCUT2D eigenvalue weighted by atomic mass is 32.2. The first-order valence-corrected chi connectivity index (χ1v) is 11.0. The van der Waals surface area contributed by atoms with E-state index in [2.05, 4.69) is 16.8 Å². The van der Waals surface area contributed by atoms with Crippen LogP contribution in [0.15, 0.2) is 52.3 Å². The molecule has 0 bridgehead atoms. The molecule has 2 aliphatic rings. The normalized spacial score (nSPS) is 22.9. The van der Waals surface area contributed by atoms with Crippen LogP contribution in [0.5, 0.6) is 0 Å². The van der Waals surface area contributed by atoms with E-state index in [9.17, 15) is 21.6 Å². The van der Waals surface area contributed by atoms with E-state index in [1.807, 2.05) is 13.1 Å². The SMILES string of the molecule is CN1CC[C@H]2c3cc(S(=O)(=O)c4ccc(C(F)(F)F)cc4)ccc3N(C)[C@H]2CC1. The van der Waals surface area contributed by atoms with Gasteiger partial charge in [0.1, 0.15) is 0 Å². The molecule has 0 aliphatic carbocycles. The molecule has 0 aromatic heterocycles. The fourth-order valence-corrected chi connectivity index (χ4v) is 5.80. The van der Waals surface area contributed by atoms with Crippen molar-refractivity contribution in [1.82, 2.24) is 4.90 Å². The van der Waals surface area contributed by atoms with E-state index in [1.165, 1.54) is 0 Å². The number of sulfone groups is 1. The fraction of sp³-hybridized carbons (Fsp3) is 0.429. The maximum Gasteiger partial charge on any atom is 0.416 e. The Morgan fingerprint density at radius 2 is 1.55 bits per heavy atom. The van der Waals surface area contributed by atoms with Gasteiger partial charge in [0.05, 0.1) is 15.4 Å². The molecule has 29 heavy (non-hydrogen) atoms. The standard InChI is InChI=1S/C21H23F3N2O2S/c1-25-11-9-17-18-13-16(7-8-19(18)26(2)20(17)10-12-25)29(27,28)15-5-3-14(4-6-15)21(22,23)24/h3-8,13,17,20H,9-12H2,1-2H3/t17-,20-/m0/s1. The number of rotatable bonds is 2. The van der Waals surface area contributed by atoms with E-state index >= 15 is 0 Å². The lowest BCUT2D eigenvalue weighted by Crippen LogP contribution is -2.31. The molecule has 1 saturated heterocycles. The lowest BCUT2D eigenvalue weighted by molar-refractivity contribution is -0.137. The third-order valence-corrected chi connectivity index (χ3v) is 7.94. The van der Waals surface area contributed by atoms with Crippen LogP contribution in [0.4, 0.5) is 18.9 Å². The number of halogens is 3.